The van der Waals surface area contributed by atoms with Gasteiger partial charge in [0.2, 0.25) is 0 Å². The second-order valence-electron chi connectivity index (χ2n) is 5.59. The molecule has 1 fully saturated rings. The number of hydrogen-bond donors (Lipinski definition) is 0. The number of aromatic nitrogens is 1. The first kappa shape index (κ1) is 13.9. The summed E-state index contributed by atoms with van der Waals surface area (Å²) in [5, 5.41) is 0. The Morgan fingerprint density at radius 1 is 0.952 bits per heavy atom. The molecule has 2 heterocycles. The lowest BCUT2D eigenvalue weighted by Crippen LogP contribution is -2.34. The fourth-order valence-corrected chi connectivity index (χ4v) is 2.71. The predicted octanol–water partition coefficient (Wildman–Crippen LogP) is 2.26. The standard InChI is InChI=1S/C17H21N3O/c1-18-9-4-12-20(14-13-18)17(21)15-5-7-16(8-6-15)19-10-2-3-11-19/h2-3,5-8,10-11H,4,9,12-14H2,1H3. The Bertz CT molecular complexity index is 589. The summed E-state index contributed by atoms with van der Waals surface area (Å²) >= 11 is 0. The maximum absolute atomic E-state index is 12.6. The molecule has 1 aromatic heterocycles. The first-order valence-corrected chi connectivity index (χ1v) is 7.45. The third-order valence-electron chi connectivity index (χ3n) is 4.02. The molecule has 110 valence electrons. The number of nitrogens with zero attached hydrogens (tertiary/aromatic N) is 3. The van der Waals surface area contributed by atoms with Crippen molar-refractivity contribution in [1.29, 1.82) is 0 Å². The number of carbonyl (C=O) groups is 1. The van der Waals surface area contributed by atoms with Gasteiger partial charge in [0.1, 0.15) is 0 Å². The Kier molecular flexibility index (Phi) is 4.06. The van der Waals surface area contributed by atoms with E-state index in [1.165, 1.54) is 0 Å². The van der Waals surface area contributed by atoms with Crippen LogP contribution in [0.5, 0.6) is 0 Å². The van der Waals surface area contributed by atoms with E-state index in [0.29, 0.717) is 0 Å². The highest BCUT2D eigenvalue weighted by Gasteiger charge is 2.18. The van der Waals surface area contributed by atoms with Gasteiger partial charge < -0.3 is 14.4 Å². The van der Waals surface area contributed by atoms with Crippen LogP contribution >= 0.6 is 0 Å². The van der Waals surface area contributed by atoms with Crippen molar-refractivity contribution < 1.29 is 4.79 Å². The summed E-state index contributed by atoms with van der Waals surface area (Å²) in [7, 11) is 2.11. The molecule has 0 spiro atoms. The van der Waals surface area contributed by atoms with Crippen LogP contribution in [0.15, 0.2) is 48.8 Å². The largest absolute Gasteiger partial charge is 0.337 e. The summed E-state index contributed by atoms with van der Waals surface area (Å²) in [6.45, 7) is 3.68. The van der Waals surface area contributed by atoms with E-state index in [1.54, 1.807) is 0 Å². The molecular weight excluding hydrogens is 262 g/mol. The average Bonchev–Trinajstić information content (AvgIpc) is 2.96. The number of likely N-dealkylation sites (N-methyl/N-ethyl adjacent to an activating group) is 1. The smallest absolute Gasteiger partial charge is 0.253 e. The molecule has 0 saturated carbocycles. The molecule has 0 atom stereocenters. The number of hydrogen-bond acceptors (Lipinski definition) is 2. The number of rotatable bonds is 2. The summed E-state index contributed by atoms with van der Waals surface area (Å²) < 4.78 is 2.04. The first-order chi connectivity index (χ1) is 10.2. The van der Waals surface area contributed by atoms with Gasteiger partial charge in [0, 0.05) is 43.3 Å². The van der Waals surface area contributed by atoms with Crippen molar-refractivity contribution in [2.75, 3.05) is 33.2 Å². The van der Waals surface area contributed by atoms with Crippen LogP contribution in [0.4, 0.5) is 0 Å². The van der Waals surface area contributed by atoms with Crippen molar-refractivity contribution in [3.63, 3.8) is 0 Å². The highest BCUT2D eigenvalue weighted by atomic mass is 16.2. The van der Waals surface area contributed by atoms with Gasteiger partial charge in [0.05, 0.1) is 0 Å². The quantitative estimate of drug-likeness (QED) is 0.846. The summed E-state index contributed by atoms with van der Waals surface area (Å²) in [4.78, 5) is 16.8. The summed E-state index contributed by atoms with van der Waals surface area (Å²) in [6, 6.07) is 11.8. The van der Waals surface area contributed by atoms with Crippen LogP contribution in [0, 0.1) is 0 Å². The van der Waals surface area contributed by atoms with Crippen molar-refractivity contribution in [2.24, 2.45) is 0 Å². The number of carbonyl (C=O) groups excluding carboxylic acids is 1. The van der Waals surface area contributed by atoms with E-state index in [0.717, 1.165) is 43.9 Å². The van der Waals surface area contributed by atoms with Gasteiger partial charge in [-0.3, -0.25) is 4.79 Å². The first-order valence-electron chi connectivity index (χ1n) is 7.45. The maximum atomic E-state index is 12.6. The highest BCUT2D eigenvalue weighted by Crippen LogP contribution is 2.13. The molecular formula is C17H21N3O. The van der Waals surface area contributed by atoms with Crippen molar-refractivity contribution in [1.82, 2.24) is 14.4 Å². The van der Waals surface area contributed by atoms with Crippen molar-refractivity contribution in [3.8, 4) is 5.69 Å². The van der Waals surface area contributed by atoms with Gasteiger partial charge in [-0.1, -0.05) is 0 Å². The van der Waals surface area contributed by atoms with E-state index in [-0.39, 0.29) is 5.91 Å². The maximum Gasteiger partial charge on any atom is 0.253 e. The fourth-order valence-electron chi connectivity index (χ4n) is 2.71. The minimum atomic E-state index is 0.143. The van der Waals surface area contributed by atoms with Gasteiger partial charge in [0.25, 0.3) is 5.91 Å². The number of benzene rings is 1. The topological polar surface area (TPSA) is 28.5 Å². The molecule has 0 N–H and O–H groups in total. The Morgan fingerprint density at radius 2 is 1.67 bits per heavy atom. The summed E-state index contributed by atoms with van der Waals surface area (Å²) in [5.74, 6) is 0.143. The lowest BCUT2D eigenvalue weighted by atomic mass is 10.1. The molecule has 0 radical (unpaired) electrons. The van der Waals surface area contributed by atoms with Crippen molar-refractivity contribution >= 4 is 5.91 Å². The molecule has 21 heavy (non-hydrogen) atoms. The van der Waals surface area contributed by atoms with Gasteiger partial charge in [-0.25, -0.2) is 0 Å². The van der Waals surface area contributed by atoms with E-state index in [2.05, 4.69) is 11.9 Å². The van der Waals surface area contributed by atoms with Gasteiger partial charge in [-0.15, -0.1) is 0 Å². The third kappa shape index (κ3) is 3.16. The lowest BCUT2D eigenvalue weighted by Gasteiger charge is -2.20. The molecule has 1 amide bonds. The zero-order valence-corrected chi connectivity index (χ0v) is 12.4. The molecule has 1 aromatic carbocycles. The molecule has 0 aliphatic carbocycles. The van der Waals surface area contributed by atoms with Gasteiger partial charge in [-0.05, 0) is 56.4 Å². The second kappa shape index (κ2) is 6.14. The van der Waals surface area contributed by atoms with Crippen molar-refractivity contribution in [3.05, 3.63) is 54.4 Å². The van der Waals surface area contributed by atoms with Crippen LogP contribution < -0.4 is 0 Å². The summed E-state index contributed by atoms with van der Waals surface area (Å²) in [5.41, 5.74) is 1.85. The van der Waals surface area contributed by atoms with E-state index < -0.39 is 0 Å². The van der Waals surface area contributed by atoms with E-state index in [9.17, 15) is 4.79 Å². The Morgan fingerprint density at radius 3 is 2.38 bits per heavy atom. The Hall–Kier alpha value is -2.07. The van der Waals surface area contributed by atoms with Gasteiger partial charge >= 0.3 is 0 Å². The predicted molar refractivity (Wildman–Crippen MR) is 83.8 cm³/mol. The third-order valence-corrected chi connectivity index (χ3v) is 4.02. The average molecular weight is 283 g/mol. The van der Waals surface area contributed by atoms with Crippen LogP contribution in [0.2, 0.25) is 0 Å². The van der Waals surface area contributed by atoms with E-state index in [1.807, 2.05) is 58.3 Å². The van der Waals surface area contributed by atoms with Crippen LogP contribution in [0.1, 0.15) is 16.8 Å². The second-order valence-corrected chi connectivity index (χ2v) is 5.59. The van der Waals surface area contributed by atoms with Crippen LogP contribution in [-0.2, 0) is 0 Å². The van der Waals surface area contributed by atoms with E-state index in [4.69, 9.17) is 0 Å². The Balaban J connectivity index is 1.73. The molecule has 1 aliphatic rings. The summed E-state index contributed by atoms with van der Waals surface area (Å²) in [6.07, 6.45) is 5.05. The molecule has 1 aliphatic heterocycles. The monoisotopic (exact) mass is 283 g/mol. The molecule has 0 bridgehead atoms. The van der Waals surface area contributed by atoms with Crippen LogP contribution in [0.3, 0.4) is 0 Å². The Labute approximate surface area is 125 Å². The molecule has 4 heteroatoms. The van der Waals surface area contributed by atoms with E-state index >= 15 is 0 Å². The van der Waals surface area contributed by atoms with Crippen molar-refractivity contribution in [2.45, 2.75) is 6.42 Å². The minimum absolute atomic E-state index is 0.143. The minimum Gasteiger partial charge on any atom is -0.337 e. The lowest BCUT2D eigenvalue weighted by molar-refractivity contribution is 0.0763. The number of amides is 1. The van der Waals surface area contributed by atoms with Gasteiger partial charge in [0.15, 0.2) is 0 Å². The highest BCUT2D eigenvalue weighted by molar-refractivity contribution is 5.94. The molecule has 2 aromatic rings. The zero-order chi connectivity index (χ0) is 14.7. The normalized spacial score (nSPS) is 16.7. The molecule has 4 nitrogen and oxygen atoms in total. The zero-order valence-electron chi connectivity index (χ0n) is 12.4. The van der Waals surface area contributed by atoms with Gasteiger partial charge in [-0.2, -0.15) is 0 Å². The molecule has 3 rings (SSSR count). The molecule has 1 saturated heterocycles. The van der Waals surface area contributed by atoms with Crippen LogP contribution in [-0.4, -0.2) is 53.5 Å². The fraction of sp³-hybridized carbons (Fsp3) is 0.353. The molecule has 0 unspecified atom stereocenters. The van der Waals surface area contributed by atoms with Crippen LogP contribution in [0.25, 0.3) is 5.69 Å². The SMILES string of the molecule is CN1CCCN(C(=O)c2ccc(-n3cccc3)cc2)CC1.